The van der Waals surface area contributed by atoms with E-state index in [0.29, 0.717) is 11.1 Å². The van der Waals surface area contributed by atoms with Crippen LogP contribution in [0.1, 0.15) is 21.5 Å². The van der Waals surface area contributed by atoms with E-state index in [1.165, 1.54) is 30.4 Å². The van der Waals surface area contributed by atoms with E-state index in [1.54, 1.807) is 12.1 Å². The molecule has 2 aromatic carbocycles. The van der Waals surface area contributed by atoms with Gasteiger partial charge in [-0.3, -0.25) is 14.9 Å². The maximum absolute atomic E-state index is 12.1. The first-order chi connectivity index (χ1) is 9.99. The lowest BCUT2D eigenvalue weighted by Crippen LogP contribution is -1.97. The summed E-state index contributed by atoms with van der Waals surface area (Å²) in [5, 5.41) is 20.1. The smallest absolute Gasteiger partial charge is 0.311 e. The van der Waals surface area contributed by atoms with Gasteiger partial charge in [0.05, 0.1) is 4.92 Å². The van der Waals surface area contributed by atoms with Gasteiger partial charge in [0.25, 0.3) is 0 Å². The van der Waals surface area contributed by atoms with E-state index in [1.807, 2.05) is 19.1 Å². The van der Waals surface area contributed by atoms with Crippen LogP contribution in [0.25, 0.3) is 6.08 Å². The van der Waals surface area contributed by atoms with E-state index >= 15 is 0 Å². The number of hydrogen-bond acceptors (Lipinski definition) is 4. The number of allylic oxidation sites excluding steroid dienone is 1. The van der Waals surface area contributed by atoms with Gasteiger partial charge in [0.2, 0.25) is 0 Å². The number of hydrogen-bond donors (Lipinski definition) is 1. The topological polar surface area (TPSA) is 80.4 Å². The van der Waals surface area contributed by atoms with Crippen molar-refractivity contribution in [1.29, 1.82) is 0 Å². The van der Waals surface area contributed by atoms with Crippen LogP contribution in [0.3, 0.4) is 0 Å². The number of nitro groups is 1. The minimum Gasteiger partial charge on any atom is -0.502 e. The average molecular weight is 283 g/mol. The molecule has 0 aliphatic rings. The standard InChI is InChI=1S/C16H13NO4/c1-11-4-2-3-5-13(11)15(18)8-6-12-7-9-16(19)14(10-12)17(20)21/h2-10,19H,1H3/b8-6+. The second kappa shape index (κ2) is 6.00. The van der Waals surface area contributed by atoms with Gasteiger partial charge in [-0.05, 0) is 30.2 Å². The summed E-state index contributed by atoms with van der Waals surface area (Å²) in [6, 6.07) is 11.1. The highest BCUT2D eigenvalue weighted by Crippen LogP contribution is 2.26. The Balaban J connectivity index is 2.26. The number of ketones is 1. The van der Waals surface area contributed by atoms with Gasteiger partial charge in [-0.15, -0.1) is 0 Å². The lowest BCUT2D eigenvalue weighted by molar-refractivity contribution is -0.385. The van der Waals surface area contributed by atoms with E-state index in [0.717, 1.165) is 5.56 Å². The Bertz CT molecular complexity index is 735. The fourth-order valence-corrected chi connectivity index (χ4v) is 1.90. The molecule has 0 unspecified atom stereocenters. The quantitative estimate of drug-likeness (QED) is 0.403. The van der Waals surface area contributed by atoms with Gasteiger partial charge in [0.15, 0.2) is 11.5 Å². The van der Waals surface area contributed by atoms with E-state index in [9.17, 15) is 20.0 Å². The number of carbonyl (C=O) groups is 1. The molecule has 0 saturated heterocycles. The summed E-state index contributed by atoms with van der Waals surface area (Å²) >= 11 is 0. The Hall–Kier alpha value is -2.95. The number of benzene rings is 2. The molecule has 106 valence electrons. The van der Waals surface area contributed by atoms with Crippen LogP contribution in [-0.2, 0) is 0 Å². The van der Waals surface area contributed by atoms with E-state index in [4.69, 9.17) is 0 Å². The van der Waals surface area contributed by atoms with Crippen LogP contribution >= 0.6 is 0 Å². The van der Waals surface area contributed by atoms with Crippen LogP contribution in [0.5, 0.6) is 5.75 Å². The molecule has 0 bridgehead atoms. The molecule has 0 aliphatic heterocycles. The number of nitrogens with zero attached hydrogens (tertiary/aromatic N) is 1. The SMILES string of the molecule is Cc1ccccc1C(=O)/C=C/c1ccc(O)c([N+](=O)[O-])c1. The zero-order valence-electron chi connectivity index (χ0n) is 11.3. The number of aromatic hydroxyl groups is 1. The van der Waals surface area contributed by atoms with Crippen LogP contribution in [0.4, 0.5) is 5.69 Å². The van der Waals surface area contributed by atoms with Gasteiger partial charge in [0.1, 0.15) is 0 Å². The summed E-state index contributed by atoms with van der Waals surface area (Å²) in [5.74, 6) is -0.578. The number of carbonyl (C=O) groups excluding carboxylic acids is 1. The largest absolute Gasteiger partial charge is 0.502 e. The van der Waals surface area contributed by atoms with E-state index < -0.39 is 10.7 Å². The molecule has 0 aliphatic carbocycles. The first-order valence-corrected chi connectivity index (χ1v) is 6.24. The molecule has 0 fully saturated rings. The zero-order chi connectivity index (χ0) is 15.4. The first kappa shape index (κ1) is 14.5. The monoisotopic (exact) mass is 283 g/mol. The third-order valence-corrected chi connectivity index (χ3v) is 3.03. The molecule has 0 amide bonds. The summed E-state index contributed by atoms with van der Waals surface area (Å²) in [6.45, 7) is 1.84. The van der Waals surface area contributed by atoms with Crippen molar-refractivity contribution in [2.45, 2.75) is 6.92 Å². The zero-order valence-corrected chi connectivity index (χ0v) is 11.3. The highest BCUT2D eigenvalue weighted by molar-refractivity contribution is 6.07. The molecule has 1 N–H and O–H groups in total. The van der Waals surface area contributed by atoms with Crippen molar-refractivity contribution >= 4 is 17.5 Å². The number of rotatable bonds is 4. The maximum Gasteiger partial charge on any atom is 0.311 e. The van der Waals surface area contributed by atoms with Crippen LogP contribution in [0.15, 0.2) is 48.5 Å². The fraction of sp³-hybridized carbons (Fsp3) is 0.0625. The van der Waals surface area contributed by atoms with Gasteiger partial charge < -0.3 is 5.11 Å². The van der Waals surface area contributed by atoms with E-state index in [-0.39, 0.29) is 11.5 Å². The number of nitro benzene ring substituents is 1. The third kappa shape index (κ3) is 3.33. The minimum absolute atomic E-state index is 0.177. The molecule has 0 heterocycles. The highest BCUT2D eigenvalue weighted by Gasteiger charge is 2.12. The second-order valence-electron chi connectivity index (χ2n) is 4.52. The summed E-state index contributed by atoms with van der Waals surface area (Å²) < 4.78 is 0. The van der Waals surface area contributed by atoms with Crippen molar-refractivity contribution in [2.75, 3.05) is 0 Å². The van der Waals surface area contributed by atoms with E-state index in [2.05, 4.69) is 0 Å². The lowest BCUT2D eigenvalue weighted by Gasteiger charge is -2.00. The molecule has 0 atom stereocenters. The predicted octanol–water partition coefficient (Wildman–Crippen LogP) is 3.50. The molecule has 2 rings (SSSR count). The Morgan fingerprint density at radius 2 is 1.95 bits per heavy atom. The first-order valence-electron chi connectivity index (χ1n) is 6.24. The van der Waals surface area contributed by atoms with Crippen molar-refractivity contribution in [2.24, 2.45) is 0 Å². The minimum atomic E-state index is -0.671. The summed E-state index contributed by atoms with van der Waals surface area (Å²) in [6.07, 6.45) is 2.85. The van der Waals surface area contributed by atoms with Crippen LogP contribution < -0.4 is 0 Å². The predicted molar refractivity (Wildman–Crippen MR) is 79.3 cm³/mol. The second-order valence-corrected chi connectivity index (χ2v) is 4.52. The van der Waals surface area contributed by atoms with Gasteiger partial charge in [0, 0.05) is 11.6 Å². The van der Waals surface area contributed by atoms with Crippen LogP contribution in [-0.4, -0.2) is 15.8 Å². The molecular weight excluding hydrogens is 270 g/mol. The van der Waals surface area contributed by atoms with Gasteiger partial charge >= 0.3 is 5.69 Å². The molecule has 21 heavy (non-hydrogen) atoms. The Kier molecular flexibility index (Phi) is 4.13. The average Bonchev–Trinajstić information content (AvgIpc) is 2.46. The number of phenols is 1. The molecule has 0 radical (unpaired) electrons. The maximum atomic E-state index is 12.1. The highest BCUT2D eigenvalue weighted by atomic mass is 16.6. The Labute approximate surface area is 121 Å². The van der Waals surface area contributed by atoms with Gasteiger partial charge in [-0.1, -0.05) is 36.4 Å². The molecule has 0 spiro atoms. The summed E-state index contributed by atoms with van der Waals surface area (Å²) in [7, 11) is 0. The Morgan fingerprint density at radius 3 is 2.62 bits per heavy atom. The van der Waals surface area contributed by atoms with Crippen molar-refractivity contribution < 1.29 is 14.8 Å². The van der Waals surface area contributed by atoms with Crippen molar-refractivity contribution in [3.8, 4) is 5.75 Å². The molecule has 5 heteroatoms. The molecule has 0 aromatic heterocycles. The third-order valence-electron chi connectivity index (χ3n) is 3.03. The van der Waals surface area contributed by atoms with Crippen LogP contribution in [0.2, 0.25) is 0 Å². The van der Waals surface area contributed by atoms with Crippen molar-refractivity contribution in [1.82, 2.24) is 0 Å². The fourth-order valence-electron chi connectivity index (χ4n) is 1.90. The molecule has 2 aromatic rings. The summed E-state index contributed by atoms with van der Waals surface area (Å²) in [5.41, 5.74) is 1.53. The lowest BCUT2D eigenvalue weighted by atomic mass is 10.0. The van der Waals surface area contributed by atoms with Crippen molar-refractivity contribution in [3.63, 3.8) is 0 Å². The normalized spacial score (nSPS) is 10.7. The van der Waals surface area contributed by atoms with Gasteiger partial charge in [-0.2, -0.15) is 0 Å². The molecule has 0 saturated carbocycles. The summed E-state index contributed by atoms with van der Waals surface area (Å²) in [4.78, 5) is 22.1. The van der Waals surface area contributed by atoms with Crippen molar-refractivity contribution in [3.05, 3.63) is 75.3 Å². The Morgan fingerprint density at radius 1 is 1.24 bits per heavy atom. The van der Waals surface area contributed by atoms with Gasteiger partial charge in [-0.25, -0.2) is 0 Å². The molecule has 5 nitrogen and oxygen atoms in total. The number of phenolic OH excluding ortho intramolecular Hbond substituents is 1. The van der Waals surface area contributed by atoms with Crippen LogP contribution in [0, 0.1) is 17.0 Å². The number of aryl methyl sites for hydroxylation is 1. The molecular formula is C16H13NO4.